The zero-order chi connectivity index (χ0) is 12.9. The quantitative estimate of drug-likeness (QED) is 0.848. The molecule has 0 amide bonds. The first-order valence-corrected chi connectivity index (χ1v) is 7.91. The van der Waals surface area contributed by atoms with Crippen LogP contribution in [0, 0.1) is 0 Å². The predicted molar refractivity (Wildman–Crippen MR) is 74.1 cm³/mol. The third-order valence-corrected chi connectivity index (χ3v) is 4.02. The highest BCUT2D eigenvalue weighted by molar-refractivity contribution is 9.08. The molecule has 2 N–H and O–H groups in total. The van der Waals surface area contributed by atoms with E-state index in [1.807, 2.05) is 5.83 Å². The average molecular weight is 335 g/mol. The fourth-order valence-electron chi connectivity index (χ4n) is 1.30. The third-order valence-electron chi connectivity index (χ3n) is 2.07. The van der Waals surface area contributed by atoms with Crippen LogP contribution in [0.4, 0.5) is 0 Å². The molecule has 2 aromatic heterocycles. The van der Waals surface area contributed by atoms with Gasteiger partial charge < -0.3 is 10.2 Å². The molecule has 3 nitrogen and oxygen atoms in total. The fourth-order valence-corrected chi connectivity index (χ4v) is 3.02. The van der Waals surface area contributed by atoms with E-state index >= 15 is 0 Å². The highest BCUT2D eigenvalue weighted by Gasteiger charge is 2.42. The van der Waals surface area contributed by atoms with Gasteiger partial charge in [0.05, 0.1) is 9.75 Å². The van der Waals surface area contributed by atoms with Crippen molar-refractivity contribution in [1.29, 1.82) is 0 Å². The maximum atomic E-state index is 11.2. The smallest absolute Gasteiger partial charge is 0.346 e. The van der Waals surface area contributed by atoms with Crippen LogP contribution >= 0.6 is 38.6 Å². The summed E-state index contributed by atoms with van der Waals surface area (Å²) in [7, 11) is 0. The molecule has 0 spiro atoms. The van der Waals surface area contributed by atoms with Gasteiger partial charge in [0.15, 0.2) is 0 Å². The molecule has 92 valence electrons. The average Bonchev–Trinajstić information content (AvgIpc) is 3.03. The maximum absolute atomic E-state index is 11.2. The van der Waals surface area contributed by atoms with Gasteiger partial charge in [0, 0.05) is 0 Å². The molecule has 0 radical (unpaired) electrons. The number of carboxylic acids is 1. The van der Waals surface area contributed by atoms with Crippen LogP contribution in [-0.2, 0) is 10.4 Å². The van der Waals surface area contributed by atoms with Crippen LogP contribution in [0.15, 0.2) is 35.0 Å². The molecular formula is C11H11BrO3S2. The van der Waals surface area contributed by atoms with Gasteiger partial charge in [-0.25, -0.2) is 4.79 Å². The largest absolute Gasteiger partial charge is 0.479 e. The first-order chi connectivity index (χ1) is 8.15. The van der Waals surface area contributed by atoms with Crippen molar-refractivity contribution in [2.45, 2.75) is 5.60 Å². The number of hydrogen-bond acceptors (Lipinski definition) is 4. The minimum atomic E-state index is -1.90. The molecule has 0 saturated heterocycles. The zero-order valence-electron chi connectivity index (χ0n) is 8.96. The Labute approximate surface area is 115 Å². The van der Waals surface area contributed by atoms with Crippen LogP contribution < -0.4 is 0 Å². The number of thiophene rings is 2. The highest BCUT2D eigenvalue weighted by Crippen LogP contribution is 2.35. The molecule has 0 fully saturated rings. The summed E-state index contributed by atoms with van der Waals surface area (Å²) in [4.78, 5) is 12.0. The van der Waals surface area contributed by atoms with Crippen molar-refractivity contribution < 1.29 is 15.0 Å². The van der Waals surface area contributed by atoms with Gasteiger partial charge in [0.25, 0.3) is 0 Å². The van der Waals surface area contributed by atoms with Crippen molar-refractivity contribution in [1.82, 2.24) is 0 Å². The summed E-state index contributed by atoms with van der Waals surface area (Å²) in [5, 5.41) is 22.9. The van der Waals surface area contributed by atoms with E-state index in [4.69, 9.17) is 5.11 Å². The zero-order valence-corrected chi connectivity index (χ0v) is 12.2. The van der Waals surface area contributed by atoms with E-state index in [9.17, 15) is 9.90 Å². The number of aliphatic hydroxyl groups is 1. The molecule has 2 heterocycles. The SMILES string of the molecule is CBr.O=C(O)C(O)(c1cccs1)c1cccs1. The monoisotopic (exact) mass is 334 g/mol. The minimum Gasteiger partial charge on any atom is -0.479 e. The topological polar surface area (TPSA) is 57.5 Å². The molecule has 0 aliphatic heterocycles. The molecule has 0 aliphatic rings. The Morgan fingerprint density at radius 1 is 1.18 bits per heavy atom. The predicted octanol–water partition coefficient (Wildman–Crippen LogP) is 3.14. The lowest BCUT2D eigenvalue weighted by Gasteiger charge is -2.20. The number of alkyl halides is 1. The Hall–Kier alpha value is -0.690. The minimum absolute atomic E-state index is 0.428. The van der Waals surface area contributed by atoms with E-state index in [1.54, 1.807) is 35.0 Å². The summed E-state index contributed by atoms with van der Waals surface area (Å²) in [6, 6.07) is 6.69. The van der Waals surface area contributed by atoms with E-state index < -0.39 is 11.6 Å². The van der Waals surface area contributed by atoms with Crippen LogP contribution in [0.3, 0.4) is 0 Å². The van der Waals surface area contributed by atoms with E-state index in [0.29, 0.717) is 9.75 Å². The molecule has 0 bridgehead atoms. The summed E-state index contributed by atoms with van der Waals surface area (Å²) < 4.78 is 0. The van der Waals surface area contributed by atoms with Gasteiger partial charge in [0.2, 0.25) is 5.60 Å². The number of carbonyl (C=O) groups is 1. The number of rotatable bonds is 3. The van der Waals surface area contributed by atoms with Gasteiger partial charge in [-0.2, -0.15) is 0 Å². The van der Waals surface area contributed by atoms with Gasteiger partial charge in [-0.05, 0) is 28.7 Å². The molecular weight excluding hydrogens is 324 g/mol. The summed E-state index contributed by atoms with van der Waals surface area (Å²) in [6.45, 7) is 0. The van der Waals surface area contributed by atoms with E-state index in [2.05, 4.69) is 15.9 Å². The highest BCUT2D eigenvalue weighted by atomic mass is 79.9. The molecule has 0 atom stereocenters. The van der Waals surface area contributed by atoms with E-state index in [-0.39, 0.29) is 0 Å². The van der Waals surface area contributed by atoms with Crippen molar-refractivity contribution in [2.24, 2.45) is 0 Å². The van der Waals surface area contributed by atoms with Crippen molar-refractivity contribution >= 4 is 44.6 Å². The van der Waals surface area contributed by atoms with Crippen molar-refractivity contribution in [3.63, 3.8) is 0 Å². The second-order valence-electron chi connectivity index (χ2n) is 2.97. The molecule has 2 aromatic rings. The standard InChI is InChI=1S/C10H8O3S2.CH3Br/c11-9(12)10(13,7-3-1-5-14-7)8-4-2-6-15-8;1-2/h1-6,13H,(H,11,12);1H3. The van der Waals surface area contributed by atoms with Crippen molar-refractivity contribution in [3.05, 3.63) is 44.8 Å². The lowest BCUT2D eigenvalue weighted by Crippen LogP contribution is -2.34. The maximum Gasteiger partial charge on any atom is 0.346 e. The molecule has 2 rings (SSSR count). The molecule has 0 aliphatic carbocycles. The van der Waals surface area contributed by atoms with Crippen LogP contribution in [0.5, 0.6) is 0 Å². The Bertz CT molecular complexity index is 417. The Morgan fingerprint density at radius 2 is 1.59 bits per heavy atom. The van der Waals surface area contributed by atoms with Gasteiger partial charge in [-0.1, -0.05) is 28.1 Å². The normalized spacial score (nSPS) is 10.5. The lowest BCUT2D eigenvalue weighted by molar-refractivity contribution is -0.154. The van der Waals surface area contributed by atoms with Crippen LogP contribution in [0.2, 0.25) is 0 Å². The third kappa shape index (κ3) is 2.77. The summed E-state index contributed by atoms with van der Waals surface area (Å²) in [5.74, 6) is 0.569. The van der Waals surface area contributed by atoms with E-state index in [1.165, 1.54) is 22.7 Å². The van der Waals surface area contributed by atoms with E-state index in [0.717, 1.165) is 0 Å². The van der Waals surface area contributed by atoms with Crippen LogP contribution in [-0.4, -0.2) is 22.0 Å². The number of halogens is 1. The number of aliphatic carboxylic acids is 1. The first kappa shape index (κ1) is 14.4. The Balaban J connectivity index is 0.000000686. The molecule has 6 heteroatoms. The summed E-state index contributed by atoms with van der Waals surface area (Å²) in [5.41, 5.74) is -1.90. The van der Waals surface area contributed by atoms with Crippen LogP contribution in [0.1, 0.15) is 9.75 Å². The van der Waals surface area contributed by atoms with Gasteiger partial charge >= 0.3 is 5.97 Å². The molecule has 0 unspecified atom stereocenters. The Kier molecular flexibility index (Phi) is 5.32. The molecule has 17 heavy (non-hydrogen) atoms. The van der Waals surface area contributed by atoms with Gasteiger partial charge in [0.1, 0.15) is 0 Å². The second kappa shape index (κ2) is 6.30. The number of carboxylic acid groups (broad SMARTS) is 1. The Morgan fingerprint density at radius 3 is 1.82 bits per heavy atom. The van der Waals surface area contributed by atoms with Gasteiger partial charge in [-0.15, -0.1) is 22.7 Å². The molecule has 0 saturated carbocycles. The van der Waals surface area contributed by atoms with Crippen molar-refractivity contribution in [2.75, 3.05) is 5.83 Å². The summed E-state index contributed by atoms with van der Waals surface area (Å²) >= 11 is 5.40. The number of hydrogen-bond donors (Lipinski definition) is 2. The van der Waals surface area contributed by atoms with Gasteiger partial charge in [-0.3, -0.25) is 0 Å². The first-order valence-electron chi connectivity index (χ1n) is 4.57. The lowest BCUT2D eigenvalue weighted by atomic mass is 10.0. The fraction of sp³-hybridized carbons (Fsp3) is 0.182. The summed E-state index contributed by atoms with van der Waals surface area (Å²) in [6.07, 6.45) is 0. The van der Waals surface area contributed by atoms with Crippen molar-refractivity contribution in [3.8, 4) is 0 Å². The second-order valence-corrected chi connectivity index (χ2v) is 4.87. The van der Waals surface area contributed by atoms with Crippen LogP contribution in [0.25, 0.3) is 0 Å². The molecule has 0 aromatic carbocycles.